The summed E-state index contributed by atoms with van der Waals surface area (Å²) in [6, 6.07) is 10.3. The molecule has 1 aromatic rings. The fraction of sp³-hybridized carbons (Fsp3) is 0.533. The highest BCUT2D eigenvalue weighted by atomic mass is 32.2. The number of benzene rings is 1. The zero-order chi connectivity index (χ0) is 16.5. The molecular weight excluding hydrogens is 332 g/mol. The smallest absolute Gasteiger partial charge is 0.214 e. The number of hydrogen-bond donors (Lipinski definition) is 2. The zero-order valence-corrected chi connectivity index (χ0v) is 15.0. The zero-order valence-electron chi connectivity index (χ0n) is 13.4. The molecule has 23 heavy (non-hydrogen) atoms. The fourth-order valence-corrected chi connectivity index (χ4v) is 4.64. The van der Waals surface area contributed by atoms with Gasteiger partial charge in [-0.15, -0.1) is 11.8 Å². The predicted molar refractivity (Wildman–Crippen MR) is 96.5 cm³/mol. The Morgan fingerprint density at radius 3 is 2.65 bits per heavy atom. The Morgan fingerprint density at radius 1 is 1.26 bits per heavy atom. The summed E-state index contributed by atoms with van der Waals surface area (Å²) in [6.45, 7) is 2.47. The number of hydrogen-bond acceptors (Lipinski definition) is 4. The Bertz CT molecular complexity index is 605. The molecule has 1 saturated heterocycles. The highest BCUT2D eigenvalue weighted by molar-refractivity contribution is 7.99. The first kappa shape index (κ1) is 18.1. The number of nitrogens with one attached hydrogen (secondary N) is 2. The molecule has 0 spiro atoms. The summed E-state index contributed by atoms with van der Waals surface area (Å²) < 4.78 is 24.9. The van der Waals surface area contributed by atoms with Crippen molar-refractivity contribution in [1.29, 1.82) is 0 Å². The highest BCUT2D eigenvalue weighted by Crippen LogP contribution is 2.15. The van der Waals surface area contributed by atoms with Crippen molar-refractivity contribution in [1.82, 2.24) is 14.9 Å². The second kappa shape index (κ2) is 9.14. The van der Waals surface area contributed by atoms with Gasteiger partial charge in [-0.2, -0.15) is 0 Å². The van der Waals surface area contributed by atoms with Gasteiger partial charge in [0.15, 0.2) is 5.96 Å². The minimum atomic E-state index is -3.01. The predicted octanol–water partition coefficient (Wildman–Crippen LogP) is 0.979. The van der Waals surface area contributed by atoms with Crippen LogP contribution in [0.2, 0.25) is 0 Å². The van der Waals surface area contributed by atoms with Gasteiger partial charge >= 0.3 is 0 Å². The molecule has 0 aromatic heterocycles. The largest absolute Gasteiger partial charge is 0.356 e. The summed E-state index contributed by atoms with van der Waals surface area (Å²) in [5.41, 5.74) is 0. The second-order valence-electron chi connectivity index (χ2n) is 5.16. The average molecular weight is 357 g/mol. The number of guanidine groups is 1. The van der Waals surface area contributed by atoms with E-state index in [1.807, 2.05) is 18.2 Å². The van der Waals surface area contributed by atoms with Crippen LogP contribution in [0.4, 0.5) is 0 Å². The molecule has 2 rings (SSSR count). The molecule has 1 fully saturated rings. The van der Waals surface area contributed by atoms with Gasteiger partial charge in [-0.3, -0.25) is 4.99 Å². The van der Waals surface area contributed by atoms with Crippen LogP contribution in [-0.2, 0) is 10.0 Å². The van der Waals surface area contributed by atoms with Crippen molar-refractivity contribution in [3.8, 4) is 0 Å². The Morgan fingerprint density at radius 2 is 2.00 bits per heavy atom. The molecule has 0 bridgehead atoms. The molecule has 2 N–H and O–H groups in total. The minimum Gasteiger partial charge on any atom is -0.356 e. The van der Waals surface area contributed by atoms with E-state index >= 15 is 0 Å². The molecule has 0 aliphatic carbocycles. The van der Waals surface area contributed by atoms with E-state index in [-0.39, 0.29) is 5.75 Å². The summed E-state index contributed by atoms with van der Waals surface area (Å²) in [5, 5.41) is 6.39. The van der Waals surface area contributed by atoms with Crippen LogP contribution in [-0.4, -0.2) is 63.4 Å². The van der Waals surface area contributed by atoms with Gasteiger partial charge in [0.2, 0.25) is 10.0 Å². The Labute approximate surface area is 142 Å². The van der Waals surface area contributed by atoms with E-state index in [1.165, 1.54) is 4.90 Å². The molecular formula is C15H24N4O2S2. The van der Waals surface area contributed by atoms with Crippen LogP contribution >= 0.6 is 11.8 Å². The molecule has 6 nitrogen and oxygen atoms in total. The fourth-order valence-electron chi connectivity index (χ4n) is 2.32. The van der Waals surface area contributed by atoms with Gasteiger partial charge in [0.1, 0.15) is 0 Å². The van der Waals surface area contributed by atoms with Gasteiger partial charge in [-0.1, -0.05) is 18.2 Å². The van der Waals surface area contributed by atoms with Gasteiger partial charge < -0.3 is 10.6 Å². The summed E-state index contributed by atoms with van der Waals surface area (Å²) >= 11 is 1.78. The van der Waals surface area contributed by atoms with Crippen LogP contribution in [0.25, 0.3) is 0 Å². The van der Waals surface area contributed by atoms with E-state index in [2.05, 4.69) is 27.8 Å². The molecule has 0 radical (unpaired) electrons. The SMILES string of the molecule is CN=C(NCCSc1ccccc1)NCCN1CCCS1(=O)=O. The number of aliphatic imine (C=N–C) groups is 1. The maximum atomic E-state index is 11.7. The van der Waals surface area contributed by atoms with E-state index in [4.69, 9.17) is 0 Å². The Balaban J connectivity index is 1.62. The van der Waals surface area contributed by atoms with Crippen molar-refractivity contribution >= 4 is 27.7 Å². The van der Waals surface area contributed by atoms with Crippen LogP contribution in [0.3, 0.4) is 0 Å². The number of rotatable bonds is 7. The van der Waals surface area contributed by atoms with Gasteiger partial charge in [0.25, 0.3) is 0 Å². The first-order chi connectivity index (χ1) is 11.1. The molecule has 0 atom stereocenters. The number of nitrogens with zero attached hydrogens (tertiary/aromatic N) is 2. The minimum absolute atomic E-state index is 0.274. The Kier molecular flexibility index (Phi) is 7.19. The average Bonchev–Trinajstić information content (AvgIpc) is 2.89. The lowest BCUT2D eigenvalue weighted by molar-refractivity contribution is 0.445. The summed E-state index contributed by atoms with van der Waals surface area (Å²) in [4.78, 5) is 5.40. The highest BCUT2D eigenvalue weighted by Gasteiger charge is 2.27. The topological polar surface area (TPSA) is 73.8 Å². The quantitative estimate of drug-likeness (QED) is 0.330. The summed E-state index contributed by atoms with van der Waals surface area (Å²) in [7, 11) is -1.30. The van der Waals surface area contributed by atoms with Gasteiger partial charge in [-0.25, -0.2) is 12.7 Å². The van der Waals surface area contributed by atoms with Crippen molar-refractivity contribution in [2.45, 2.75) is 11.3 Å². The van der Waals surface area contributed by atoms with Crippen LogP contribution in [0, 0.1) is 0 Å². The Hall–Kier alpha value is -1.25. The third-order valence-corrected chi connectivity index (χ3v) is 6.46. The van der Waals surface area contributed by atoms with Gasteiger partial charge in [-0.05, 0) is 18.6 Å². The molecule has 0 amide bonds. The summed E-state index contributed by atoms with van der Waals surface area (Å²) in [5.74, 6) is 1.91. The van der Waals surface area contributed by atoms with Crippen LogP contribution in [0.1, 0.15) is 6.42 Å². The molecule has 1 aliphatic heterocycles. The summed E-state index contributed by atoms with van der Waals surface area (Å²) in [6.07, 6.45) is 0.728. The molecule has 1 aliphatic rings. The van der Waals surface area contributed by atoms with E-state index in [0.29, 0.717) is 25.6 Å². The van der Waals surface area contributed by atoms with Gasteiger partial charge in [0.05, 0.1) is 5.75 Å². The lowest BCUT2D eigenvalue weighted by Gasteiger charge is -2.16. The van der Waals surface area contributed by atoms with Crippen molar-refractivity contribution in [3.05, 3.63) is 30.3 Å². The molecule has 1 aromatic carbocycles. The molecule has 1 heterocycles. The number of thioether (sulfide) groups is 1. The van der Waals surface area contributed by atoms with Crippen molar-refractivity contribution < 1.29 is 8.42 Å². The third-order valence-electron chi connectivity index (χ3n) is 3.49. The lowest BCUT2D eigenvalue weighted by atomic mass is 10.4. The first-order valence-electron chi connectivity index (χ1n) is 7.72. The molecule has 8 heteroatoms. The van der Waals surface area contributed by atoms with E-state index in [9.17, 15) is 8.42 Å². The van der Waals surface area contributed by atoms with Crippen molar-refractivity contribution in [2.24, 2.45) is 4.99 Å². The van der Waals surface area contributed by atoms with Gasteiger partial charge in [0, 0.05) is 43.9 Å². The van der Waals surface area contributed by atoms with E-state index < -0.39 is 10.0 Å². The third kappa shape index (κ3) is 6.04. The van der Waals surface area contributed by atoms with Crippen molar-refractivity contribution in [3.63, 3.8) is 0 Å². The lowest BCUT2D eigenvalue weighted by Crippen LogP contribution is -2.42. The van der Waals surface area contributed by atoms with Crippen LogP contribution in [0.15, 0.2) is 40.2 Å². The second-order valence-corrected chi connectivity index (χ2v) is 8.41. The molecule has 128 valence electrons. The number of sulfonamides is 1. The maximum absolute atomic E-state index is 11.7. The van der Waals surface area contributed by atoms with Crippen LogP contribution in [0.5, 0.6) is 0 Å². The monoisotopic (exact) mass is 356 g/mol. The van der Waals surface area contributed by atoms with Crippen LogP contribution < -0.4 is 10.6 Å². The van der Waals surface area contributed by atoms with Crippen molar-refractivity contribution in [2.75, 3.05) is 44.7 Å². The van der Waals surface area contributed by atoms with E-state index in [0.717, 1.165) is 18.7 Å². The maximum Gasteiger partial charge on any atom is 0.214 e. The van der Waals surface area contributed by atoms with E-state index in [1.54, 1.807) is 23.1 Å². The first-order valence-corrected chi connectivity index (χ1v) is 10.3. The molecule has 0 saturated carbocycles. The molecule has 0 unspecified atom stereocenters. The standard InChI is InChI=1S/C15H24N4O2S2/c1-16-15(17-8-11-19-10-5-13-23(19,20)21)18-9-12-22-14-6-3-2-4-7-14/h2-4,6-7H,5,8-13H2,1H3,(H2,16,17,18). The normalized spacial score (nSPS) is 18.0.